The highest BCUT2D eigenvalue weighted by Crippen LogP contribution is 2.49. The minimum Gasteiger partial charge on any atom is -0.497 e. The van der Waals surface area contributed by atoms with E-state index < -0.39 is 13.2 Å². The normalized spacial score (nSPS) is 15.5. The number of hydrogen-bond donors (Lipinski definition) is 5. The number of amides is 2. The van der Waals surface area contributed by atoms with Crippen molar-refractivity contribution in [3.8, 4) is 109 Å². The quantitative estimate of drug-likeness (QED) is 0.0498. The topological polar surface area (TPSA) is 336 Å². The maximum absolute atomic E-state index is 12.2. The highest BCUT2D eigenvalue weighted by Gasteiger charge is 2.51. The third-order valence-electron chi connectivity index (χ3n) is 21.2. The van der Waals surface area contributed by atoms with E-state index in [2.05, 4.69) is 94.4 Å². The lowest BCUT2D eigenvalue weighted by molar-refractivity contribution is -0.191. The van der Waals surface area contributed by atoms with Crippen LogP contribution in [-0.4, -0.2) is 184 Å². The van der Waals surface area contributed by atoms with Crippen molar-refractivity contribution in [2.45, 2.75) is 63.8 Å². The van der Waals surface area contributed by atoms with E-state index in [1.807, 2.05) is 97.2 Å². The third kappa shape index (κ3) is 16.2. The van der Waals surface area contributed by atoms with Gasteiger partial charge in [0, 0.05) is 149 Å². The number of fused-ring (bicyclic) bond motifs is 3. The van der Waals surface area contributed by atoms with Crippen LogP contribution in [0.15, 0.2) is 176 Å². The molecule has 1 saturated carbocycles. The summed E-state index contributed by atoms with van der Waals surface area (Å²) >= 11 is 0. The number of benzene rings is 6. The van der Waals surface area contributed by atoms with Crippen LogP contribution >= 0.6 is 0 Å². The number of nitrogens with zero attached hydrogens (tertiary/aromatic N) is 10. The molecule has 4 saturated heterocycles. The lowest BCUT2D eigenvalue weighted by Gasteiger charge is -2.52. The Hall–Kier alpha value is -13.0. The Morgan fingerprint density at radius 2 is 0.991 bits per heavy atom. The van der Waals surface area contributed by atoms with Crippen LogP contribution in [0.5, 0.6) is 23.0 Å². The van der Waals surface area contributed by atoms with E-state index in [9.17, 15) is 30.2 Å². The van der Waals surface area contributed by atoms with Gasteiger partial charge in [-0.15, -0.1) is 0 Å². The zero-order chi connectivity index (χ0) is 77.2. The number of H-pyrrole nitrogens is 3. The Morgan fingerprint density at radius 3 is 1.46 bits per heavy atom. The number of rotatable bonds is 18. The first-order chi connectivity index (χ1) is 54.8. The molecule has 5 N–H and O–H groups in total. The van der Waals surface area contributed by atoms with Gasteiger partial charge in [0.15, 0.2) is 0 Å². The first-order valence-corrected chi connectivity index (χ1v) is 37.4. The van der Waals surface area contributed by atoms with E-state index in [1.54, 1.807) is 60.4 Å². The molecular formula is C87H81N13O12. The largest absolute Gasteiger partial charge is 0.497 e. The van der Waals surface area contributed by atoms with Crippen molar-refractivity contribution in [3.05, 3.63) is 199 Å². The molecule has 566 valence electrons. The molecule has 6 aromatic carbocycles. The van der Waals surface area contributed by atoms with Crippen LogP contribution in [0.25, 0.3) is 100 Å². The lowest BCUT2D eigenvalue weighted by atomic mass is 9.65. The van der Waals surface area contributed by atoms with Gasteiger partial charge < -0.3 is 73.0 Å². The van der Waals surface area contributed by atoms with E-state index in [1.165, 1.54) is 12.0 Å². The van der Waals surface area contributed by atoms with Crippen LogP contribution in [0.1, 0.15) is 72.5 Å². The van der Waals surface area contributed by atoms with Crippen LogP contribution < -0.4 is 23.8 Å². The molecule has 25 heteroatoms. The summed E-state index contributed by atoms with van der Waals surface area (Å²) in [6.07, 6.45) is 9.50. The first kappa shape index (κ1) is 74.5. The van der Waals surface area contributed by atoms with Crippen molar-refractivity contribution in [2.24, 2.45) is 5.41 Å². The molecule has 2 amide bonds. The minimum absolute atomic E-state index is 0.0935. The molecule has 0 unspecified atom stereocenters. The molecule has 112 heavy (non-hydrogen) atoms. The Balaban J connectivity index is 0.000000133. The summed E-state index contributed by atoms with van der Waals surface area (Å²) < 4.78 is 39.7. The van der Waals surface area contributed by atoms with Crippen molar-refractivity contribution in [1.29, 1.82) is 15.8 Å². The summed E-state index contributed by atoms with van der Waals surface area (Å²) in [5.74, 6) is 1.51. The zero-order valence-electron chi connectivity index (χ0n) is 61.9. The van der Waals surface area contributed by atoms with Crippen LogP contribution in [0.2, 0.25) is 0 Å². The molecule has 1 spiro atoms. The number of methoxy groups -OCH3 is 1. The number of nitriles is 3. The number of carbonyl (C=O) groups is 3. The van der Waals surface area contributed by atoms with E-state index in [0.29, 0.717) is 115 Å². The fourth-order valence-electron chi connectivity index (χ4n) is 15.1. The van der Waals surface area contributed by atoms with E-state index in [0.717, 1.165) is 147 Å². The molecule has 10 heterocycles. The maximum atomic E-state index is 12.2. The first-order valence-electron chi connectivity index (χ1n) is 37.4. The van der Waals surface area contributed by atoms with Crippen LogP contribution in [0, 0.1) is 39.4 Å². The molecule has 4 aliphatic heterocycles. The Labute approximate surface area is 645 Å². The second-order valence-corrected chi connectivity index (χ2v) is 28.3. The Kier molecular flexibility index (Phi) is 22.3. The predicted octanol–water partition coefficient (Wildman–Crippen LogP) is 13.0. The average molecular weight is 1500 g/mol. The zero-order valence-corrected chi connectivity index (χ0v) is 61.9. The predicted molar refractivity (Wildman–Crippen MR) is 420 cm³/mol. The van der Waals surface area contributed by atoms with Gasteiger partial charge in [-0.3, -0.25) is 19.6 Å². The molecule has 5 fully saturated rings. The minimum atomic E-state index is -0.496. The molecule has 12 aromatic rings. The van der Waals surface area contributed by atoms with Crippen LogP contribution in [0.4, 0.5) is 5.69 Å². The molecule has 1 aliphatic carbocycles. The third-order valence-corrected chi connectivity index (χ3v) is 21.2. The van der Waals surface area contributed by atoms with Crippen molar-refractivity contribution in [1.82, 2.24) is 44.7 Å². The number of likely N-dealkylation sites (tertiary alicyclic amines) is 2. The number of esters is 1. The van der Waals surface area contributed by atoms with Crippen LogP contribution in [0.3, 0.4) is 0 Å². The fourth-order valence-corrected chi connectivity index (χ4v) is 15.1. The van der Waals surface area contributed by atoms with Crippen molar-refractivity contribution in [3.63, 3.8) is 0 Å². The number of carbonyl (C=O) groups excluding carboxylic acids is 3. The summed E-state index contributed by atoms with van der Waals surface area (Å²) in [6.45, 7) is 8.22. The number of morpholine rings is 1. The van der Waals surface area contributed by atoms with Gasteiger partial charge in [0.05, 0.1) is 79.5 Å². The Bertz CT molecular complexity index is 5570. The number of nitrogens with one attached hydrogen (secondary N) is 3. The number of aromatic nitrogens is 7. The van der Waals surface area contributed by atoms with Gasteiger partial charge in [-0.25, -0.2) is 14.8 Å². The summed E-state index contributed by atoms with van der Waals surface area (Å²) in [6, 6.07) is 57.2. The fraction of sp³-hybridized carbons (Fsp3) is 0.287. The number of piperidine rings is 2. The maximum Gasteiger partial charge on any atom is 0.338 e. The lowest BCUT2D eigenvalue weighted by Crippen LogP contribution is -2.56. The van der Waals surface area contributed by atoms with Gasteiger partial charge in [-0.1, -0.05) is 24.3 Å². The highest BCUT2D eigenvalue weighted by atomic mass is 16.5. The van der Waals surface area contributed by atoms with Gasteiger partial charge in [0.25, 0.3) is 0 Å². The monoisotopic (exact) mass is 1500 g/mol. The molecule has 0 radical (unpaired) electrons. The van der Waals surface area contributed by atoms with E-state index in [4.69, 9.17) is 43.4 Å². The second kappa shape index (κ2) is 33.5. The number of aromatic amines is 3. The standard InChI is InChI=1S/C30H28N4O3.C29H27N5O5.C28H26N4O4/c31-17-22-13-21(3-6-28(22)37-24-15-30(16-24)18-36-19-30)29-25-14-27(33-26(25)7-8-32-29)20-1-4-23(5-2-20)34-9-11-35-12-10-34;1-2-38-29(37)20-5-3-4-18(12-20)24-14-23-27(31-17-32-28(23)33-24)19-6-7-25(21(13-19)15-30)39-22-8-10-34(11-9-22)26(36)16-35;1-35-21-5-2-18(3-6-21)25-15-23-24(31-25)8-11-30-28(23)19-4-7-26(20(14-19)16-29)36-22-9-12-32(13-10-22)27(34)17-33/h1-8,13-14,24,33H,9-12,15-16,18-19H2;3-7,12-14,17,22,35H,2,8-11,16H2,1H3,(H,31,32,33);2-8,11,14-15,22,31,33H,9-10,12-13,17H2,1H3. The molecule has 25 nitrogen and oxygen atoms in total. The van der Waals surface area contributed by atoms with Crippen molar-refractivity contribution < 1.29 is 57.8 Å². The molecular weight excluding hydrogens is 1420 g/mol. The number of anilines is 1. The summed E-state index contributed by atoms with van der Waals surface area (Å²) in [5.41, 5.74) is 16.4. The average Bonchev–Trinajstić information content (AvgIpc) is 1.41. The smallest absolute Gasteiger partial charge is 0.338 e. The number of pyridine rings is 2. The molecule has 6 aromatic heterocycles. The Morgan fingerprint density at radius 1 is 0.518 bits per heavy atom. The van der Waals surface area contributed by atoms with Gasteiger partial charge >= 0.3 is 5.97 Å². The summed E-state index contributed by atoms with van der Waals surface area (Å²) in [7, 11) is 1.64. The van der Waals surface area contributed by atoms with Gasteiger partial charge in [0.2, 0.25) is 11.8 Å². The van der Waals surface area contributed by atoms with Crippen LogP contribution in [-0.2, 0) is 23.8 Å². The van der Waals surface area contributed by atoms with Crippen molar-refractivity contribution >= 4 is 56.3 Å². The van der Waals surface area contributed by atoms with E-state index in [-0.39, 0.29) is 36.1 Å². The molecule has 5 aliphatic rings. The molecule has 17 rings (SSSR count). The van der Waals surface area contributed by atoms with Gasteiger partial charge in [-0.2, -0.15) is 15.8 Å². The second-order valence-electron chi connectivity index (χ2n) is 28.3. The summed E-state index contributed by atoms with van der Waals surface area (Å²) in [4.78, 5) is 69.7. The number of aliphatic hydroxyl groups excluding tert-OH is 2. The van der Waals surface area contributed by atoms with Crippen molar-refractivity contribution in [2.75, 3.05) is 97.5 Å². The molecule has 0 bridgehead atoms. The molecule has 0 atom stereocenters. The highest BCUT2D eigenvalue weighted by molar-refractivity contribution is 5.99. The summed E-state index contributed by atoms with van der Waals surface area (Å²) in [5, 5.41) is 50.4. The van der Waals surface area contributed by atoms with Gasteiger partial charge in [0.1, 0.15) is 84.7 Å². The van der Waals surface area contributed by atoms with Gasteiger partial charge in [-0.05, 0) is 170 Å². The number of aliphatic hydroxyl groups is 2. The SMILES string of the molecule is CCOC(=O)c1cccc(-c2cc3c(-c4ccc(OC5CCN(C(=O)CO)CC5)c(C#N)c4)ncnc3[nH]2)c1.COc1ccc(-c2cc3c(-c4ccc(OC5CCN(C(=O)CO)CC5)c(C#N)c4)nccc3[nH]2)cc1.N#Cc1cc(-c2nccc3[nH]c(-c4ccc(N5CCOCC5)cc4)cc23)ccc1OC1CC2(COC2)C1. The number of ether oxygens (including phenoxy) is 7. The number of hydrogen-bond acceptors (Lipinski definition) is 20. The van der Waals surface area contributed by atoms with E-state index >= 15 is 0 Å².